The number of halogens is 5. The molecule has 0 radical (unpaired) electrons. The van der Waals surface area contributed by atoms with Crippen LogP contribution in [0.3, 0.4) is 0 Å². The summed E-state index contributed by atoms with van der Waals surface area (Å²) in [6.07, 6.45) is 4.33. The standard InChI is InChI=1S/C33H35F5N2O4/c1-19-24(17-40-14-5-3-2-4-6-15-40)43-33(44-31(19)21-12-10-20(18-41)11-13-21)22-8-7-9-23(16-22)39-32(42)25-26(34)28(36)30(38)29(37)27(25)35/h7-13,16,19,24,31,33,41H,2-6,14-15,17-18H2,1H3,(H,39,42)/t19-,24+,31+,33+/m1/s1. The Morgan fingerprint density at radius 3 is 2.09 bits per heavy atom. The fourth-order valence-electron chi connectivity index (χ4n) is 5.84. The molecule has 3 aromatic carbocycles. The summed E-state index contributed by atoms with van der Waals surface area (Å²) >= 11 is 0. The van der Waals surface area contributed by atoms with Crippen molar-refractivity contribution in [1.82, 2.24) is 4.90 Å². The summed E-state index contributed by atoms with van der Waals surface area (Å²) in [6, 6.07) is 13.6. The van der Waals surface area contributed by atoms with Gasteiger partial charge >= 0.3 is 0 Å². The van der Waals surface area contributed by atoms with Crippen LogP contribution < -0.4 is 5.32 Å². The number of nitrogens with one attached hydrogen (secondary N) is 1. The van der Waals surface area contributed by atoms with Gasteiger partial charge in [0.2, 0.25) is 5.82 Å². The minimum absolute atomic E-state index is 0.0474. The largest absolute Gasteiger partial charge is 0.392 e. The summed E-state index contributed by atoms with van der Waals surface area (Å²) in [7, 11) is 0. The molecule has 0 unspecified atom stereocenters. The van der Waals surface area contributed by atoms with Gasteiger partial charge in [0.15, 0.2) is 29.6 Å². The number of anilines is 1. The zero-order valence-corrected chi connectivity index (χ0v) is 24.3. The summed E-state index contributed by atoms with van der Waals surface area (Å²) in [4.78, 5) is 15.1. The molecule has 5 rings (SSSR count). The lowest BCUT2D eigenvalue weighted by molar-refractivity contribution is -0.276. The van der Waals surface area contributed by atoms with E-state index in [1.165, 1.54) is 31.4 Å². The molecule has 6 nitrogen and oxygen atoms in total. The molecule has 0 bridgehead atoms. The molecule has 0 aliphatic carbocycles. The van der Waals surface area contributed by atoms with Crippen molar-refractivity contribution < 1.29 is 41.3 Å². The van der Waals surface area contributed by atoms with E-state index in [-0.39, 0.29) is 30.4 Å². The van der Waals surface area contributed by atoms with E-state index in [0.29, 0.717) is 12.1 Å². The summed E-state index contributed by atoms with van der Waals surface area (Å²) in [5.41, 5.74) is 0.620. The number of nitrogens with zero attached hydrogens (tertiary/aromatic N) is 1. The average molecular weight is 619 g/mol. The molecule has 0 saturated carbocycles. The highest BCUT2D eigenvalue weighted by atomic mass is 19.2. The number of amides is 1. The second-order valence-corrected chi connectivity index (χ2v) is 11.4. The van der Waals surface area contributed by atoms with Gasteiger partial charge in [0.05, 0.1) is 18.8 Å². The molecule has 2 aliphatic heterocycles. The predicted octanol–water partition coefficient (Wildman–Crippen LogP) is 7.18. The highest BCUT2D eigenvalue weighted by Crippen LogP contribution is 2.42. The predicted molar refractivity (Wildman–Crippen MR) is 153 cm³/mol. The van der Waals surface area contributed by atoms with Crippen LogP contribution >= 0.6 is 0 Å². The SMILES string of the molecule is C[C@@H]1[C@H](CN2CCCCCCC2)O[C@H](c2cccc(NC(=O)c3c(F)c(F)c(F)c(F)c3F)c2)O[C@@H]1c1ccc(CO)cc1. The topological polar surface area (TPSA) is 71.0 Å². The quantitative estimate of drug-likeness (QED) is 0.167. The van der Waals surface area contributed by atoms with E-state index in [1.807, 2.05) is 24.3 Å². The fourth-order valence-corrected chi connectivity index (χ4v) is 5.84. The highest BCUT2D eigenvalue weighted by molar-refractivity contribution is 6.04. The molecule has 1 amide bonds. The Bertz CT molecular complexity index is 1430. The molecule has 0 aromatic heterocycles. The number of benzene rings is 3. The van der Waals surface area contributed by atoms with Gasteiger partial charge < -0.3 is 24.8 Å². The van der Waals surface area contributed by atoms with E-state index in [9.17, 15) is 31.9 Å². The molecule has 4 atom stereocenters. The lowest BCUT2D eigenvalue weighted by atomic mass is 9.89. The van der Waals surface area contributed by atoms with Crippen molar-refractivity contribution >= 4 is 11.6 Å². The molecular weight excluding hydrogens is 583 g/mol. The van der Waals surface area contributed by atoms with Gasteiger partial charge in [-0.2, -0.15) is 0 Å². The van der Waals surface area contributed by atoms with E-state index in [2.05, 4.69) is 17.1 Å². The van der Waals surface area contributed by atoms with E-state index >= 15 is 0 Å². The van der Waals surface area contributed by atoms with Gasteiger partial charge in [-0.3, -0.25) is 4.79 Å². The molecule has 11 heteroatoms. The summed E-state index contributed by atoms with van der Waals surface area (Å²) in [5.74, 6) is -12.7. The first-order valence-electron chi connectivity index (χ1n) is 14.8. The Labute approximate surface area is 252 Å². The van der Waals surface area contributed by atoms with Crippen LogP contribution in [0.1, 0.15) is 78.5 Å². The number of hydrogen-bond acceptors (Lipinski definition) is 5. The molecule has 2 N–H and O–H groups in total. The van der Waals surface area contributed by atoms with Crippen LogP contribution in [0.2, 0.25) is 0 Å². The third-order valence-corrected chi connectivity index (χ3v) is 8.36. The molecule has 2 aliphatic rings. The van der Waals surface area contributed by atoms with Crippen molar-refractivity contribution in [2.45, 2.75) is 64.1 Å². The Balaban J connectivity index is 1.41. The zero-order valence-electron chi connectivity index (χ0n) is 24.3. The van der Waals surface area contributed by atoms with Crippen LogP contribution in [0.25, 0.3) is 0 Å². The van der Waals surface area contributed by atoms with E-state index in [4.69, 9.17) is 9.47 Å². The first kappa shape index (κ1) is 32.0. The van der Waals surface area contributed by atoms with Gasteiger partial charge in [-0.25, -0.2) is 22.0 Å². The van der Waals surface area contributed by atoms with Gasteiger partial charge in [0, 0.05) is 23.7 Å². The number of carbonyl (C=O) groups excluding carboxylic acids is 1. The summed E-state index contributed by atoms with van der Waals surface area (Å²) < 4.78 is 82.4. The van der Waals surface area contributed by atoms with Crippen molar-refractivity contribution in [3.8, 4) is 0 Å². The van der Waals surface area contributed by atoms with Gasteiger partial charge in [-0.1, -0.05) is 62.6 Å². The van der Waals surface area contributed by atoms with Crippen LogP contribution in [0.4, 0.5) is 27.6 Å². The number of likely N-dealkylation sites (tertiary alicyclic amines) is 1. The first-order chi connectivity index (χ1) is 21.2. The van der Waals surface area contributed by atoms with Gasteiger partial charge in [0.1, 0.15) is 5.56 Å². The zero-order chi connectivity index (χ0) is 31.4. The maximum atomic E-state index is 14.3. The van der Waals surface area contributed by atoms with E-state index in [1.54, 1.807) is 12.1 Å². The van der Waals surface area contributed by atoms with Crippen molar-refractivity contribution in [1.29, 1.82) is 0 Å². The monoisotopic (exact) mass is 618 g/mol. The molecule has 2 saturated heterocycles. The molecular formula is C33H35F5N2O4. The number of ether oxygens (including phenoxy) is 2. The van der Waals surface area contributed by atoms with E-state index in [0.717, 1.165) is 37.1 Å². The Kier molecular flexibility index (Phi) is 10.3. The second kappa shape index (κ2) is 14.2. The van der Waals surface area contributed by atoms with Crippen LogP contribution in [0.15, 0.2) is 48.5 Å². The van der Waals surface area contributed by atoms with Gasteiger partial charge in [0.25, 0.3) is 5.91 Å². The summed E-state index contributed by atoms with van der Waals surface area (Å²) in [5, 5.41) is 11.7. The minimum atomic E-state index is -2.34. The number of aliphatic hydroxyl groups excluding tert-OH is 1. The molecule has 236 valence electrons. The Hall–Kier alpha value is -3.38. The fraction of sp³-hybridized carbons (Fsp3) is 0.424. The average Bonchev–Trinajstić information content (AvgIpc) is 3.01. The first-order valence-corrected chi connectivity index (χ1v) is 14.8. The van der Waals surface area contributed by atoms with E-state index < -0.39 is 46.8 Å². The second-order valence-electron chi connectivity index (χ2n) is 11.4. The van der Waals surface area contributed by atoms with Crippen LogP contribution in [0.5, 0.6) is 0 Å². The van der Waals surface area contributed by atoms with Crippen LogP contribution in [-0.4, -0.2) is 41.7 Å². The number of rotatable bonds is 7. The number of aliphatic hydroxyl groups is 1. The Morgan fingerprint density at radius 1 is 0.841 bits per heavy atom. The van der Waals surface area contributed by atoms with Crippen molar-refractivity contribution in [2.75, 3.05) is 25.0 Å². The number of hydrogen-bond donors (Lipinski definition) is 2. The van der Waals surface area contributed by atoms with Crippen molar-refractivity contribution in [3.05, 3.63) is 99.9 Å². The highest BCUT2D eigenvalue weighted by Gasteiger charge is 2.39. The normalized spacial score (nSPS) is 23.2. The summed E-state index contributed by atoms with van der Waals surface area (Å²) in [6.45, 7) is 4.59. The molecule has 44 heavy (non-hydrogen) atoms. The van der Waals surface area contributed by atoms with Crippen molar-refractivity contribution in [2.24, 2.45) is 5.92 Å². The van der Waals surface area contributed by atoms with Gasteiger partial charge in [-0.05, 0) is 49.2 Å². The minimum Gasteiger partial charge on any atom is -0.392 e. The van der Waals surface area contributed by atoms with Crippen molar-refractivity contribution in [3.63, 3.8) is 0 Å². The van der Waals surface area contributed by atoms with Crippen LogP contribution in [-0.2, 0) is 16.1 Å². The maximum absolute atomic E-state index is 14.3. The Morgan fingerprint density at radius 2 is 1.45 bits per heavy atom. The lowest BCUT2D eigenvalue weighted by Gasteiger charge is -2.43. The van der Waals surface area contributed by atoms with Crippen LogP contribution in [0, 0.1) is 35.0 Å². The smallest absolute Gasteiger partial charge is 0.261 e. The molecule has 2 heterocycles. The molecule has 2 fully saturated rings. The maximum Gasteiger partial charge on any atom is 0.261 e. The molecule has 3 aromatic rings. The third-order valence-electron chi connectivity index (χ3n) is 8.36. The van der Waals surface area contributed by atoms with Gasteiger partial charge in [-0.15, -0.1) is 0 Å². The lowest BCUT2D eigenvalue weighted by Crippen LogP contribution is -2.45. The third kappa shape index (κ3) is 6.96. The molecule has 0 spiro atoms. The number of carbonyl (C=O) groups is 1.